The average molecular weight is 303 g/mol. The van der Waals surface area contributed by atoms with Crippen LogP contribution in [0.4, 0.5) is 0 Å². The van der Waals surface area contributed by atoms with E-state index in [9.17, 15) is 4.79 Å². The Kier molecular flexibility index (Phi) is 6.16. The van der Waals surface area contributed by atoms with Gasteiger partial charge < -0.3 is 9.15 Å². The number of nitriles is 1. The minimum Gasteiger partial charge on any atom is -0.468 e. The van der Waals surface area contributed by atoms with Crippen LogP contribution in [0.25, 0.3) is 0 Å². The lowest BCUT2D eigenvalue weighted by molar-refractivity contribution is -0.143. The SMILES string of the molecule is CCOC(=O)[C@@H](C#N)C=NC[C@@H](c1ccco1)N1CCCC1. The molecule has 1 fully saturated rings. The summed E-state index contributed by atoms with van der Waals surface area (Å²) in [4.78, 5) is 18.2. The van der Waals surface area contributed by atoms with E-state index in [2.05, 4.69) is 9.89 Å². The lowest BCUT2D eigenvalue weighted by Gasteiger charge is -2.24. The molecule has 118 valence electrons. The molecule has 0 amide bonds. The molecule has 6 heteroatoms. The molecular formula is C16H21N3O3. The van der Waals surface area contributed by atoms with E-state index in [1.165, 1.54) is 19.1 Å². The number of likely N-dealkylation sites (tertiary alicyclic amines) is 1. The van der Waals surface area contributed by atoms with Crippen molar-refractivity contribution in [1.82, 2.24) is 4.90 Å². The van der Waals surface area contributed by atoms with Gasteiger partial charge >= 0.3 is 5.97 Å². The van der Waals surface area contributed by atoms with Crippen molar-refractivity contribution >= 4 is 12.2 Å². The summed E-state index contributed by atoms with van der Waals surface area (Å²) in [5, 5.41) is 9.01. The van der Waals surface area contributed by atoms with Gasteiger partial charge in [0.25, 0.3) is 0 Å². The van der Waals surface area contributed by atoms with Gasteiger partial charge in [-0.1, -0.05) is 0 Å². The van der Waals surface area contributed by atoms with Crippen molar-refractivity contribution in [2.45, 2.75) is 25.8 Å². The molecule has 22 heavy (non-hydrogen) atoms. The molecule has 1 saturated heterocycles. The Morgan fingerprint density at radius 2 is 2.36 bits per heavy atom. The summed E-state index contributed by atoms with van der Waals surface area (Å²) in [6.45, 7) is 4.46. The number of carbonyl (C=O) groups is 1. The Labute approximate surface area is 130 Å². The van der Waals surface area contributed by atoms with Gasteiger partial charge in [0.1, 0.15) is 5.76 Å². The molecule has 6 nitrogen and oxygen atoms in total. The van der Waals surface area contributed by atoms with Gasteiger partial charge in [0.05, 0.1) is 31.5 Å². The Morgan fingerprint density at radius 1 is 1.59 bits per heavy atom. The Bertz CT molecular complexity index is 527. The summed E-state index contributed by atoms with van der Waals surface area (Å²) in [5.74, 6) is -0.635. The van der Waals surface area contributed by atoms with Gasteiger partial charge in [0.2, 0.25) is 0 Å². The average Bonchev–Trinajstić information content (AvgIpc) is 3.21. The predicted molar refractivity (Wildman–Crippen MR) is 81.4 cm³/mol. The Hall–Kier alpha value is -2.13. The fraction of sp³-hybridized carbons (Fsp3) is 0.562. The van der Waals surface area contributed by atoms with E-state index in [0.717, 1.165) is 18.8 Å². The quantitative estimate of drug-likeness (QED) is 0.570. The number of furan rings is 1. The van der Waals surface area contributed by atoms with E-state index in [1.807, 2.05) is 18.2 Å². The molecule has 1 aliphatic heterocycles. The van der Waals surface area contributed by atoms with E-state index in [0.29, 0.717) is 6.54 Å². The molecule has 0 unspecified atom stereocenters. The number of nitrogens with zero attached hydrogens (tertiary/aromatic N) is 3. The lowest BCUT2D eigenvalue weighted by Crippen LogP contribution is -2.27. The summed E-state index contributed by atoms with van der Waals surface area (Å²) in [7, 11) is 0. The van der Waals surface area contributed by atoms with Crippen LogP contribution in [0.2, 0.25) is 0 Å². The largest absolute Gasteiger partial charge is 0.468 e. The van der Waals surface area contributed by atoms with Crippen molar-refractivity contribution in [3.63, 3.8) is 0 Å². The van der Waals surface area contributed by atoms with Crippen molar-refractivity contribution in [3.05, 3.63) is 24.2 Å². The second-order valence-electron chi connectivity index (χ2n) is 5.15. The van der Waals surface area contributed by atoms with Crippen molar-refractivity contribution < 1.29 is 13.9 Å². The van der Waals surface area contributed by atoms with E-state index >= 15 is 0 Å². The van der Waals surface area contributed by atoms with E-state index < -0.39 is 11.9 Å². The molecule has 2 rings (SSSR count). The van der Waals surface area contributed by atoms with Crippen LogP contribution in [-0.2, 0) is 9.53 Å². The third kappa shape index (κ3) is 4.18. The Morgan fingerprint density at radius 3 is 2.95 bits per heavy atom. The maximum Gasteiger partial charge on any atom is 0.328 e. The molecule has 0 spiro atoms. The van der Waals surface area contributed by atoms with Crippen LogP contribution in [-0.4, -0.2) is 43.3 Å². The molecule has 0 aliphatic carbocycles. The molecule has 0 radical (unpaired) electrons. The number of hydrogen-bond acceptors (Lipinski definition) is 6. The summed E-state index contributed by atoms with van der Waals surface area (Å²) < 4.78 is 10.3. The first-order valence-corrected chi connectivity index (χ1v) is 7.60. The summed E-state index contributed by atoms with van der Waals surface area (Å²) in [6.07, 6.45) is 5.37. The van der Waals surface area contributed by atoms with Gasteiger partial charge in [-0.05, 0) is 45.0 Å². The normalized spacial score (nSPS) is 18.2. The highest BCUT2D eigenvalue weighted by atomic mass is 16.5. The zero-order valence-corrected chi connectivity index (χ0v) is 12.8. The van der Waals surface area contributed by atoms with Crippen LogP contribution >= 0.6 is 0 Å². The molecule has 2 atom stereocenters. The van der Waals surface area contributed by atoms with Crippen LogP contribution in [0.3, 0.4) is 0 Å². The highest BCUT2D eigenvalue weighted by Crippen LogP contribution is 2.25. The number of aliphatic imine (C=N–C) groups is 1. The first-order chi connectivity index (χ1) is 10.8. The number of rotatable bonds is 7. The highest BCUT2D eigenvalue weighted by Gasteiger charge is 2.25. The molecule has 1 aliphatic rings. The zero-order chi connectivity index (χ0) is 15.8. The van der Waals surface area contributed by atoms with Crippen molar-refractivity contribution in [3.8, 4) is 6.07 Å². The highest BCUT2D eigenvalue weighted by molar-refractivity contribution is 5.92. The maximum absolute atomic E-state index is 11.6. The zero-order valence-electron chi connectivity index (χ0n) is 12.8. The smallest absolute Gasteiger partial charge is 0.328 e. The van der Waals surface area contributed by atoms with Gasteiger partial charge in [-0.2, -0.15) is 5.26 Å². The first kappa shape index (κ1) is 16.2. The third-order valence-corrected chi connectivity index (χ3v) is 3.67. The lowest BCUT2D eigenvalue weighted by atomic mass is 10.2. The standard InChI is InChI=1S/C16H21N3O3/c1-2-21-16(20)13(10-17)11-18-12-14(15-6-5-9-22-15)19-7-3-4-8-19/h5-6,9,11,13-14H,2-4,7-8,12H2,1H3/t13-,14-/m0/s1. The molecular weight excluding hydrogens is 282 g/mol. The summed E-state index contributed by atoms with van der Waals surface area (Å²) in [5.41, 5.74) is 0. The molecule has 1 aromatic rings. The molecule has 0 N–H and O–H groups in total. The summed E-state index contributed by atoms with van der Waals surface area (Å²) >= 11 is 0. The van der Waals surface area contributed by atoms with Crippen LogP contribution in [0.5, 0.6) is 0 Å². The molecule has 0 aromatic carbocycles. The Balaban J connectivity index is 2.00. The van der Waals surface area contributed by atoms with Gasteiger partial charge in [0.15, 0.2) is 5.92 Å². The van der Waals surface area contributed by atoms with E-state index in [1.54, 1.807) is 13.2 Å². The van der Waals surface area contributed by atoms with Crippen molar-refractivity contribution in [2.75, 3.05) is 26.2 Å². The number of esters is 1. The minimum atomic E-state index is -0.948. The van der Waals surface area contributed by atoms with Crippen molar-refractivity contribution in [2.24, 2.45) is 10.9 Å². The number of ether oxygens (including phenoxy) is 1. The fourth-order valence-corrected chi connectivity index (χ4v) is 2.56. The van der Waals surface area contributed by atoms with Crippen molar-refractivity contribution in [1.29, 1.82) is 5.26 Å². The van der Waals surface area contributed by atoms with Gasteiger partial charge in [0, 0.05) is 6.21 Å². The van der Waals surface area contributed by atoms with Gasteiger partial charge in [-0.3, -0.25) is 14.7 Å². The van der Waals surface area contributed by atoms with Crippen LogP contribution in [0.15, 0.2) is 27.8 Å². The fourth-order valence-electron chi connectivity index (χ4n) is 2.56. The molecule has 0 saturated carbocycles. The number of carbonyl (C=O) groups excluding carboxylic acids is 1. The monoisotopic (exact) mass is 303 g/mol. The third-order valence-electron chi connectivity index (χ3n) is 3.67. The van der Waals surface area contributed by atoms with Gasteiger partial charge in [-0.25, -0.2) is 0 Å². The summed E-state index contributed by atoms with van der Waals surface area (Å²) in [6, 6.07) is 5.75. The predicted octanol–water partition coefficient (Wildman–Crippen LogP) is 2.19. The van der Waals surface area contributed by atoms with Gasteiger partial charge in [-0.15, -0.1) is 0 Å². The topological polar surface area (TPSA) is 78.8 Å². The minimum absolute atomic E-state index is 0.0512. The number of hydrogen-bond donors (Lipinski definition) is 0. The van der Waals surface area contributed by atoms with E-state index in [-0.39, 0.29) is 12.6 Å². The maximum atomic E-state index is 11.6. The van der Waals surface area contributed by atoms with Crippen LogP contribution in [0, 0.1) is 17.2 Å². The first-order valence-electron chi connectivity index (χ1n) is 7.60. The second kappa shape index (κ2) is 8.35. The second-order valence-corrected chi connectivity index (χ2v) is 5.15. The molecule has 2 heterocycles. The molecule has 0 bridgehead atoms. The van der Waals surface area contributed by atoms with Crippen LogP contribution < -0.4 is 0 Å². The van der Waals surface area contributed by atoms with Crippen LogP contribution in [0.1, 0.15) is 31.6 Å². The molecule has 1 aromatic heterocycles. The van der Waals surface area contributed by atoms with E-state index in [4.69, 9.17) is 14.4 Å².